The second kappa shape index (κ2) is 7.37. The summed E-state index contributed by atoms with van der Waals surface area (Å²) in [5.74, 6) is 0.413. The van der Waals surface area contributed by atoms with E-state index in [1.54, 1.807) is 12.1 Å². The first-order valence-corrected chi connectivity index (χ1v) is 6.74. The Labute approximate surface area is 110 Å². The van der Waals surface area contributed by atoms with Crippen molar-refractivity contribution in [2.24, 2.45) is 5.92 Å². The van der Waals surface area contributed by atoms with Crippen LogP contribution in [0.3, 0.4) is 0 Å². The van der Waals surface area contributed by atoms with Crippen LogP contribution in [0.4, 0.5) is 10.1 Å². The van der Waals surface area contributed by atoms with Gasteiger partial charge in [0, 0.05) is 25.8 Å². The zero-order valence-corrected chi connectivity index (χ0v) is 12.0. The lowest BCUT2D eigenvalue weighted by molar-refractivity contribution is 0.612. The summed E-state index contributed by atoms with van der Waals surface area (Å²) in [5, 5.41) is 3.30. The molecule has 0 bridgehead atoms. The quantitative estimate of drug-likeness (QED) is 0.748. The minimum absolute atomic E-state index is 0.156. The third-order valence-corrected chi connectivity index (χ3v) is 2.78. The number of nitrogens with zero attached hydrogens (tertiary/aromatic N) is 1. The summed E-state index contributed by atoms with van der Waals surface area (Å²) in [6.45, 7) is 9.09. The van der Waals surface area contributed by atoms with E-state index < -0.39 is 0 Å². The summed E-state index contributed by atoms with van der Waals surface area (Å²) in [6, 6.07) is 5.27. The van der Waals surface area contributed by atoms with E-state index in [0.29, 0.717) is 5.92 Å². The van der Waals surface area contributed by atoms with Crippen molar-refractivity contribution in [1.82, 2.24) is 5.32 Å². The van der Waals surface area contributed by atoms with Crippen molar-refractivity contribution in [3.05, 3.63) is 29.6 Å². The molecule has 0 amide bonds. The Bertz CT molecular complexity index is 364. The number of rotatable bonds is 7. The van der Waals surface area contributed by atoms with Gasteiger partial charge >= 0.3 is 0 Å². The van der Waals surface area contributed by atoms with E-state index in [9.17, 15) is 4.39 Å². The summed E-state index contributed by atoms with van der Waals surface area (Å²) in [5.41, 5.74) is 1.96. The fourth-order valence-electron chi connectivity index (χ4n) is 2.02. The largest absolute Gasteiger partial charge is 0.374 e. The number of anilines is 1. The van der Waals surface area contributed by atoms with Crippen molar-refractivity contribution in [2.45, 2.75) is 33.7 Å². The van der Waals surface area contributed by atoms with Crippen LogP contribution < -0.4 is 10.2 Å². The van der Waals surface area contributed by atoms with Crippen molar-refractivity contribution >= 4 is 5.69 Å². The molecule has 102 valence electrons. The third-order valence-electron chi connectivity index (χ3n) is 2.78. The second-order valence-electron chi connectivity index (χ2n) is 5.27. The Morgan fingerprint density at radius 1 is 1.28 bits per heavy atom. The maximum absolute atomic E-state index is 13.6. The highest BCUT2D eigenvalue weighted by Crippen LogP contribution is 2.18. The summed E-state index contributed by atoms with van der Waals surface area (Å²) in [6.07, 6.45) is 1.09. The zero-order valence-electron chi connectivity index (χ0n) is 12.0. The SMILES string of the molecule is CCCNCc1cc(F)cc(N(C)CC(C)C)c1. The highest BCUT2D eigenvalue weighted by Gasteiger charge is 2.06. The van der Waals surface area contributed by atoms with Gasteiger partial charge in [0.2, 0.25) is 0 Å². The monoisotopic (exact) mass is 252 g/mol. The molecule has 0 atom stereocenters. The van der Waals surface area contributed by atoms with E-state index in [4.69, 9.17) is 0 Å². The molecule has 0 aliphatic heterocycles. The number of benzene rings is 1. The molecule has 1 N–H and O–H groups in total. The van der Waals surface area contributed by atoms with E-state index >= 15 is 0 Å². The van der Waals surface area contributed by atoms with E-state index in [2.05, 4.69) is 37.1 Å². The average molecular weight is 252 g/mol. The summed E-state index contributed by atoms with van der Waals surface area (Å²) < 4.78 is 13.6. The lowest BCUT2D eigenvalue weighted by Gasteiger charge is -2.22. The van der Waals surface area contributed by atoms with E-state index in [1.807, 2.05) is 7.05 Å². The molecule has 0 aromatic heterocycles. The molecular formula is C15H25FN2. The molecule has 0 spiro atoms. The van der Waals surface area contributed by atoms with E-state index in [-0.39, 0.29) is 5.82 Å². The predicted octanol–water partition coefficient (Wildman–Crippen LogP) is 3.42. The Hall–Kier alpha value is -1.09. The van der Waals surface area contributed by atoms with Crippen LogP contribution in [0.25, 0.3) is 0 Å². The van der Waals surface area contributed by atoms with Gasteiger partial charge in [-0.2, -0.15) is 0 Å². The molecule has 0 unspecified atom stereocenters. The molecule has 1 aromatic rings. The van der Waals surface area contributed by atoms with Gasteiger partial charge in [0.05, 0.1) is 0 Å². The van der Waals surface area contributed by atoms with Gasteiger partial charge in [-0.3, -0.25) is 0 Å². The molecule has 0 aliphatic carbocycles. The molecule has 18 heavy (non-hydrogen) atoms. The van der Waals surface area contributed by atoms with Gasteiger partial charge in [0.25, 0.3) is 0 Å². The van der Waals surface area contributed by atoms with Crippen molar-refractivity contribution in [1.29, 1.82) is 0 Å². The molecule has 0 saturated heterocycles. The molecular weight excluding hydrogens is 227 g/mol. The second-order valence-corrected chi connectivity index (χ2v) is 5.27. The van der Waals surface area contributed by atoms with Crippen LogP contribution in [-0.2, 0) is 6.54 Å². The fraction of sp³-hybridized carbons (Fsp3) is 0.600. The van der Waals surface area contributed by atoms with Gasteiger partial charge in [0.1, 0.15) is 5.82 Å². The fourth-order valence-corrected chi connectivity index (χ4v) is 2.02. The molecule has 3 heteroatoms. The van der Waals surface area contributed by atoms with Crippen molar-refractivity contribution in [2.75, 3.05) is 25.0 Å². The van der Waals surface area contributed by atoms with Crippen LogP contribution in [-0.4, -0.2) is 20.1 Å². The lowest BCUT2D eigenvalue weighted by Crippen LogP contribution is -2.23. The molecule has 0 fully saturated rings. The van der Waals surface area contributed by atoms with Crippen LogP contribution in [0.15, 0.2) is 18.2 Å². The van der Waals surface area contributed by atoms with Gasteiger partial charge in [-0.1, -0.05) is 20.8 Å². The topological polar surface area (TPSA) is 15.3 Å². The van der Waals surface area contributed by atoms with E-state index in [1.165, 1.54) is 0 Å². The predicted molar refractivity (Wildman–Crippen MR) is 76.5 cm³/mol. The molecule has 0 heterocycles. The van der Waals surface area contributed by atoms with E-state index in [0.717, 1.165) is 37.3 Å². The van der Waals surface area contributed by atoms with Crippen LogP contribution in [0, 0.1) is 11.7 Å². The average Bonchev–Trinajstić information content (AvgIpc) is 2.27. The number of hydrogen-bond acceptors (Lipinski definition) is 2. The highest BCUT2D eigenvalue weighted by atomic mass is 19.1. The minimum atomic E-state index is -0.156. The minimum Gasteiger partial charge on any atom is -0.374 e. The maximum atomic E-state index is 13.6. The first-order chi connectivity index (χ1) is 8.52. The maximum Gasteiger partial charge on any atom is 0.125 e. The Morgan fingerprint density at radius 3 is 2.61 bits per heavy atom. The van der Waals surface area contributed by atoms with Gasteiger partial charge in [-0.05, 0) is 42.6 Å². The summed E-state index contributed by atoms with van der Waals surface area (Å²) in [4.78, 5) is 2.11. The van der Waals surface area contributed by atoms with Gasteiger partial charge in [0.15, 0.2) is 0 Å². The standard InChI is InChI=1S/C15H25FN2/c1-5-6-17-10-13-7-14(16)9-15(8-13)18(4)11-12(2)3/h7-9,12,17H,5-6,10-11H2,1-4H3. The molecule has 2 nitrogen and oxygen atoms in total. The zero-order chi connectivity index (χ0) is 13.5. The Kier molecular flexibility index (Phi) is 6.13. The molecule has 0 radical (unpaired) electrons. The van der Waals surface area contributed by atoms with Gasteiger partial charge in [-0.25, -0.2) is 4.39 Å². The summed E-state index contributed by atoms with van der Waals surface area (Å²) >= 11 is 0. The Morgan fingerprint density at radius 2 is 2.00 bits per heavy atom. The number of nitrogens with one attached hydrogen (secondary N) is 1. The van der Waals surface area contributed by atoms with Crippen molar-refractivity contribution in [3.8, 4) is 0 Å². The molecule has 1 rings (SSSR count). The smallest absolute Gasteiger partial charge is 0.125 e. The first kappa shape index (κ1) is 15.0. The first-order valence-electron chi connectivity index (χ1n) is 6.74. The van der Waals surface area contributed by atoms with Gasteiger partial charge < -0.3 is 10.2 Å². The molecule has 0 saturated carbocycles. The normalized spacial score (nSPS) is 11.0. The molecule has 0 aliphatic rings. The number of hydrogen-bond donors (Lipinski definition) is 1. The summed E-state index contributed by atoms with van der Waals surface area (Å²) in [7, 11) is 2.01. The van der Waals surface area contributed by atoms with Crippen LogP contribution >= 0.6 is 0 Å². The van der Waals surface area contributed by atoms with Crippen molar-refractivity contribution in [3.63, 3.8) is 0 Å². The highest BCUT2D eigenvalue weighted by molar-refractivity contribution is 5.48. The van der Waals surface area contributed by atoms with Crippen LogP contribution in [0.5, 0.6) is 0 Å². The Balaban J connectivity index is 2.73. The van der Waals surface area contributed by atoms with Crippen LogP contribution in [0.1, 0.15) is 32.8 Å². The van der Waals surface area contributed by atoms with Crippen LogP contribution in [0.2, 0.25) is 0 Å². The van der Waals surface area contributed by atoms with Gasteiger partial charge in [-0.15, -0.1) is 0 Å². The number of halogens is 1. The molecule has 1 aromatic carbocycles. The van der Waals surface area contributed by atoms with Crippen molar-refractivity contribution < 1.29 is 4.39 Å². The third kappa shape index (κ3) is 5.05. The lowest BCUT2D eigenvalue weighted by atomic mass is 10.1.